The molecule has 0 atom stereocenters. The number of halogens is 1. The van der Waals surface area contributed by atoms with Crippen molar-refractivity contribution < 1.29 is 9.53 Å². The van der Waals surface area contributed by atoms with Crippen LogP contribution in [0.15, 0.2) is 16.7 Å². The van der Waals surface area contributed by atoms with E-state index in [4.69, 9.17) is 4.74 Å². The van der Waals surface area contributed by atoms with Gasteiger partial charge in [0.15, 0.2) is 5.75 Å². The third-order valence-corrected chi connectivity index (χ3v) is 2.53. The molecule has 1 aromatic heterocycles. The third-order valence-electron chi connectivity index (χ3n) is 1.96. The minimum atomic E-state index is -0.436. The van der Waals surface area contributed by atoms with Gasteiger partial charge >= 0.3 is 0 Å². The molecular weight excluding hydrogens is 272 g/mol. The van der Waals surface area contributed by atoms with E-state index in [9.17, 15) is 4.79 Å². The number of aromatic nitrogens is 1. The Morgan fingerprint density at radius 1 is 1.44 bits per heavy atom. The summed E-state index contributed by atoms with van der Waals surface area (Å²) in [5, 5.41) is 2.74. The van der Waals surface area contributed by atoms with Crippen molar-refractivity contribution >= 4 is 27.7 Å². The summed E-state index contributed by atoms with van der Waals surface area (Å²) in [6, 6.07) is 3.45. The molecule has 0 unspecified atom stereocenters. The number of nitrogens with zero attached hydrogens (tertiary/aromatic N) is 1. The lowest BCUT2D eigenvalue weighted by molar-refractivity contribution is -0.123. The Morgan fingerprint density at radius 2 is 2.06 bits per heavy atom. The van der Waals surface area contributed by atoms with Gasteiger partial charge < -0.3 is 10.1 Å². The van der Waals surface area contributed by atoms with Crippen molar-refractivity contribution in [2.24, 2.45) is 5.41 Å². The summed E-state index contributed by atoms with van der Waals surface area (Å²) >= 11 is 3.26. The zero-order valence-electron chi connectivity index (χ0n) is 9.80. The number of hydrogen-bond donors (Lipinski definition) is 1. The van der Waals surface area contributed by atoms with E-state index in [0.717, 1.165) is 0 Å². The number of anilines is 1. The van der Waals surface area contributed by atoms with Crippen molar-refractivity contribution in [1.29, 1.82) is 0 Å². The van der Waals surface area contributed by atoms with E-state index in [1.807, 2.05) is 20.8 Å². The average molecular weight is 287 g/mol. The molecule has 0 aliphatic rings. The highest BCUT2D eigenvalue weighted by Gasteiger charge is 2.21. The summed E-state index contributed by atoms with van der Waals surface area (Å²) in [4.78, 5) is 15.9. The van der Waals surface area contributed by atoms with Crippen LogP contribution in [0, 0.1) is 5.41 Å². The molecule has 1 N–H and O–H groups in total. The second kappa shape index (κ2) is 4.82. The highest BCUT2D eigenvalue weighted by Crippen LogP contribution is 2.24. The number of methoxy groups -OCH3 is 1. The van der Waals surface area contributed by atoms with Gasteiger partial charge in [-0.2, -0.15) is 0 Å². The molecule has 1 rings (SSSR count). The molecule has 0 saturated carbocycles. The lowest BCUT2D eigenvalue weighted by Crippen LogP contribution is -2.28. The summed E-state index contributed by atoms with van der Waals surface area (Å²) in [5.41, 5.74) is -0.436. The van der Waals surface area contributed by atoms with Crippen molar-refractivity contribution in [1.82, 2.24) is 4.98 Å². The topological polar surface area (TPSA) is 51.2 Å². The van der Waals surface area contributed by atoms with Crippen molar-refractivity contribution in [3.05, 3.63) is 16.7 Å². The van der Waals surface area contributed by atoms with E-state index < -0.39 is 5.41 Å². The van der Waals surface area contributed by atoms with E-state index in [0.29, 0.717) is 16.2 Å². The van der Waals surface area contributed by atoms with Crippen LogP contribution >= 0.6 is 15.9 Å². The molecule has 88 valence electrons. The van der Waals surface area contributed by atoms with Gasteiger partial charge in [0.25, 0.3) is 0 Å². The first kappa shape index (κ1) is 13.0. The highest BCUT2D eigenvalue weighted by molar-refractivity contribution is 9.10. The molecule has 5 heteroatoms. The summed E-state index contributed by atoms with van der Waals surface area (Å²) < 4.78 is 5.62. The van der Waals surface area contributed by atoms with Crippen LogP contribution in [0.5, 0.6) is 5.75 Å². The Balaban J connectivity index is 2.84. The first-order chi connectivity index (χ1) is 7.34. The molecule has 1 heterocycles. The molecule has 0 spiro atoms. The highest BCUT2D eigenvalue weighted by atomic mass is 79.9. The molecule has 0 bridgehead atoms. The van der Waals surface area contributed by atoms with Gasteiger partial charge in [0.1, 0.15) is 10.4 Å². The second-order valence-electron chi connectivity index (χ2n) is 4.39. The maximum Gasteiger partial charge on any atom is 0.230 e. The molecule has 0 saturated heterocycles. The molecular formula is C11H15BrN2O2. The largest absolute Gasteiger partial charge is 0.494 e. The maximum atomic E-state index is 11.7. The van der Waals surface area contributed by atoms with Crippen molar-refractivity contribution in [3.63, 3.8) is 0 Å². The number of carbonyl (C=O) groups is 1. The normalized spacial score (nSPS) is 11.1. The van der Waals surface area contributed by atoms with Crippen molar-refractivity contribution in [2.45, 2.75) is 20.8 Å². The minimum Gasteiger partial charge on any atom is -0.494 e. The molecule has 4 nitrogen and oxygen atoms in total. The van der Waals surface area contributed by atoms with Gasteiger partial charge in [0, 0.05) is 5.41 Å². The predicted octanol–water partition coefficient (Wildman–Crippen LogP) is 2.84. The number of ether oxygens (including phenoxy) is 1. The number of pyridine rings is 1. The van der Waals surface area contributed by atoms with Gasteiger partial charge in [-0.3, -0.25) is 4.79 Å². The Hall–Kier alpha value is -1.10. The third kappa shape index (κ3) is 3.20. The summed E-state index contributed by atoms with van der Waals surface area (Å²) in [6.07, 6.45) is 0. The van der Waals surface area contributed by atoms with Gasteiger partial charge in [0.2, 0.25) is 5.91 Å². The molecule has 1 amide bonds. The van der Waals surface area contributed by atoms with Gasteiger partial charge in [0.05, 0.1) is 7.11 Å². The smallest absolute Gasteiger partial charge is 0.230 e. The zero-order chi connectivity index (χ0) is 12.3. The van der Waals surface area contributed by atoms with E-state index in [1.165, 1.54) is 0 Å². The first-order valence-corrected chi connectivity index (χ1v) is 5.66. The van der Waals surface area contributed by atoms with Gasteiger partial charge in [-0.05, 0) is 28.1 Å². The molecule has 0 aromatic carbocycles. The van der Waals surface area contributed by atoms with Crippen LogP contribution in [0.4, 0.5) is 5.82 Å². The van der Waals surface area contributed by atoms with Gasteiger partial charge in [-0.15, -0.1) is 0 Å². The average Bonchev–Trinajstić information content (AvgIpc) is 2.16. The predicted molar refractivity (Wildman–Crippen MR) is 66.6 cm³/mol. The standard InChI is InChI=1S/C11H15BrN2O2/c1-11(2,3)10(15)14-8-6-5-7(16-4)9(12)13-8/h5-6H,1-4H3,(H,13,14,15). The molecule has 0 aliphatic carbocycles. The minimum absolute atomic E-state index is 0.0722. The molecule has 0 fully saturated rings. The van der Waals surface area contributed by atoms with Crippen LogP contribution in [0.1, 0.15) is 20.8 Å². The van der Waals surface area contributed by atoms with Gasteiger partial charge in [-0.1, -0.05) is 20.8 Å². The Morgan fingerprint density at radius 3 is 2.50 bits per heavy atom. The van der Waals surface area contributed by atoms with Crippen LogP contribution < -0.4 is 10.1 Å². The van der Waals surface area contributed by atoms with Crippen LogP contribution in [0.2, 0.25) is 0 Å². The van der Waals surface area contributed by atoms with Crippen molar-refractivity contribution in [3.8, 4) is 5.75 Å². The SMILES string of the molecule is COc1ccc(NC(=O)C(C)(C)C)nc1Br. The Labute approximate surface area is 104 Å². The fourth-order valence-electron chi connectivity index (χ4n) is 0.947. The molecule has 0 radical (unpaired) electrons. The van der Waals surface area contributed by atoms with E-state index in [-0.39, 0.29) is 5.91 Å². The number of hydrogen-bond acceptors (Lipinski definition) is 3. The van der Waals surface area contributed by atoms with Crippen LogP contribution in [0.3, 0.4) is 0 Å². The Kier molecular flexibility index (Phi) is 3.91. The molecule has 16 heavy (non-hydrogen) atoms. The van der Waals surface area contributed by atoms with Crippen LogP contribution in [-0.2, 0) is 4.79 Å². The summed E-state index contributed by atoms with van der Waals surface area (Å²) in [5.74, 6) is 1.07. The molecule has 0 aliphatic heterocycles. The quantitative estimate of drug-likeness (QED) is 0.851. The molecule has 1 aromatic rings. The Bertz CT molecular complexity index is 399. The fraction of sp³-hybridized carbons (Fsp3) is 0.455. The first-order valence-electron chi connectivity index (χ1n) is 4.86. The van der Waals surface area contributed by atoms with Crippen LogP contribution in [0.25, 0.3) is 0 Å². The monoisotopic (exact) mass is 286 g/mol. The van der Waals surface area contributed by atoms with E-state index >= 15 is 0 Å². The lowest BCUT2D eigenvalue weighted by Gasteiger charge is -2.17. The van der Waals surface area contributed by atoms with Gasteiger partial charge in [-0.25, -0.2) is 4.98 Å². The number of amides is 1. The zero-order valence-corrected chi connectivity index (χ0v) is 11.4. The summed E-state index contributed by atoms with van der Waals surface area (Å²) in [7, 11) is 1.56. The van der Waals surface area contributed by atoms with Crippen LogP contribution in [-0.4, -0.2) is 18.0 Å². The maximum absolute atomic E-state index is 11.7. The number of nitrogens with one attached hydrogen (secondary N) is 1. The second-order valence-corrected chi connectivity index (χ2v) is 5.14. The number of rotatable bonds is 2. The summed E-state index contributed by atoms with van der Waals surface area (Å²) in [6.45, 7) is 5.54. The van der Waals surface area contributed by atoms with E-state index in [1.54, 1.807) is 19.2 Å². The lowest BCUT2D eigenvalue weighted by atomic mass is 9.96. The van der Waals surface area contributed by atoms with E-state index in [2.05, 4.69) is 26.2 Å². The number of carbonyl (C=O) groups excluding carboxylic acids is 1. The fourth-order valence-corrected chi connectivity index (χ4v) is 1.43. The van der Waals surface area contributed by atoms with Crippen molar-refractivity contribution in [2.75, 3.05) is 12.4 Å².